The monoisotopic (exact) mass is 305 g/mol. The molecule has 0 unspecified atom stereocenters. The Morgan fingerprint density at radius 3 is 2.43 bits per heavy atom. The SMILES string of the molecule is COC(=O)Cc1ccccc1CN(CCO)CC(F)(F)F. The lowest BCUT2D eigenvalue weighted by atomic mass is 10.0. The summed E-state index contributed by atoms with van der Waals surface area (Å²) in [5, 5.41) is 8.88. The van der Waals surface area contributed by atoms with Crippen LogP contribution in [0.15, 0.2) is 24.3 Å². The second-order valence-corrected chi connectivity index (χ2v) is 4.57. The molecule has 0 spiro atoms. The van der Waals surface area contributed by atoms with E-state index in [1.807, 2.05) is 0 Å². The molecule has 0 aliphatic heterocycles. The molecule has 0 heterocycles. The quantitative estimate of drug-likeness (QED) is 0.780. The van der Waals surface area contributed by atoms with Gasteiger partial charge in [0.15, 0.2) is 0 Å². The molecular formula is C14H18F3NO3. The number of nitrogens with zero attached hydrogens (tertiary/aromatic N) is 1. The molecule has 1 rings (SSSR count). The summed E-state index contributed by atoms with van der Waals surface area (Å²) in [5.74, 6) is -0.452. The van der Waals surface area contributed by atoms with Crippen LogP contribution in [0.3, 0.4) is 0 Å². The molecule has 0 amide bonds. The fraction of sp³-hybridized carbons (Fsp3) is 0.500. The van der Waals surface area contributed by atoms with Gasteiger partial charge in [-0.15, -0.1) is 0 Å². The van der Waals surface area contributed by atoms with Gasteiger partial charge in [0.05, 0.1) is 26.7 Å². The Bertz CT molecular complexity index is 463. The van der Waals surface area contributed by atoms with Crippen molar-refractivity contribution in [2.45, 2.75) is 19.1 Å². The van der Waals surface area contributed by atoms with Crippen molar-refractivity contribution in [3.05, 3.63) is 35.4 Å². The predicted octanol–water partition coefficient (Wildman–Crippen LogP) is 1.76. The third-order valence-electron chi connectivity index (χ3n) is 2.89. The maximum atomic E-state index is 12.5. The molecule has 0 saturated heterocycles. The van der Waals surface area contributed by atoms with Crippen molar-refractivity contribution < 1.29 is 27.8 Å². The molecule has 0 radical (unpaired) electrons. The Morgan fingerprint density at radius 1 is 1.29 bits per heavy atom. The minimum Gasteiger partial charge on any atom is -0.469 e. The molecule has 1 aromatic carbocycles. The van der Waals surface area contributed by atoms with Gasteiger partial charge in [-0.25, -0.2) is 0 Å². The molecule has 21 heavy (non-hydrogen) atoms. The lowest BCUT2D eigenvalue weighted by Crippen LogP contribution is -2.36. The summed E-state index contributed by atoms with van der Waals surface area (Å²) in [4.78, 5) is 12.4. The van der Waals surface area contributed by atoms with Gasteiger partial charge in [-0.05, 0) is 11.1 Å². The highest BCUT2D eigenvalue weighted by Gasteiger charge is 2.30. The Labute approximate surface area is 121 Å². The van der Waals surface area contributed by atoms with Gasteiger partial charge in [-0.3, -0.25) is 9.69 Å². The van der Waals surface area contributed by atoms with Crippen LogP contribution >= 0.6 is 0 Å². The van der Waals surface area contributed by atoms with Gasteiger partial charge >= 0.3 is 12.1 Å². The fourth-order valence-electron chi connectivity index (χ4n) is 1.96. The Balaban J connectivity index is 2.85. The summed E-state index contributed by atoms with van der Waals surface area (Å²) < 4.78 is 42.1. The standard InChI is InChI=1S/C14H18F3NO3/c1-21-13(20)8-11-4-2-3-5-12(11)9-18(6-7-19)10-14(15,16)17/h2-5,19H,6-10H2,1H3. The van der Waals surface area contributed by atoms with Gasteiger partial charge in [0.1, 0.15) is 0 Å². The second kappa shape index (κ2) is 7.99. The van der Waals surface area contributed by atoms with E-state index in [9.17, 15) is 18.0 Å². The number of halogens is 3. The Kier molecular flexibility index (Phi) is 6.64. The Hall–Kier alpha value is -1.60. The zero-order chi connectivity index (χ0) is 15.9. The molecule has 0 atom stereocenters. The minimum atomic E-state index is -4.34. The van der Waals surface area contributed by atoms with Crippen LogP contribution in [0, 0.1) is 0 Å². The summed E-state index contributed by atoms with van der Waals surface area (Å²) >= 11 is 0. The molecule has 0 aromatic heterocycles. The molecular weight excluding hydrogens is 287 g/mol. The normalized spacial score (nSPS) is 11.7. The van der Waals surface area contributed by atoms with E-state index in [0.29, 0.717) is 11.1 Å². The van der Waals surface area contributed by atoms with Crippen molar-refractivity contribution in [3.8, 4) is 0 Å². The first-order chi connectivity index (χ1) is 9.85. The summed E-state index contributed by atoms with van der Waals surface area (Å²) in [7, 11) is 1.26. The highest BCUT2D eigenvalue weighted by atomic mass is 19.4. The van der Waals surface area contributed by atoms with Crippen LogP contribution in [0.2, 0.25) is 0 Å². The van der Waals surface area contributed by atoms with Crippen LogP contribution in [0.4, 0.5) is 13.2 Å². The average Bonchev–Trinajstić information content (AvgIpc) is 2.39. The molecule has 0 aliphatic carbocycles. The van der Waals surface area contributed by atoms with E-state index in [1.54, 1.807) is 24.3 Å². The van der Waals surface area contributed by atoms with Crippen LogP contribution in [0.5, 0.6) is 0 Å². The first-order valence-electron chi connectivity index (χ1n) is 6.39. The first-order valence-corrected chi connectivity index (χ1v) is 6.39. The third-order valence-corrected chi connectivity index (χ3v) is 2.89. The second-order valence-electron chi connectivity index (χ2n) is 4.57. The molecule has 118 valence electrons. The number of hydrogen-bond acceptors (Lipinski definition) is 4. The van der Waals surface area contributed by atoms with Crippen LogP contribution in [0.1, 0.15) is 11.1 Å². The topological polar surface area (TPSA) is 49.8 Å². The highest BCUT2D eigenvalue weighted by molar-refractivity contribution is 5.72. The van der Waals surface area contributed by atoms with Gasteiger partial charge in [0.25, 0.3) is 0 Å². The van der Waals surface area contributed by atoms with Crippen molar-refractivity contribution in [2.75, 3.05) is 26.8 Å². The molecule has 0 aliphatic rings. The number of aliphatic hydroxyl groups excluding tert-OH is 1. The summed E-state index contributed by atoms with van der Waals surface area (Å²) in [6.45, 7) is -1.56. The lowest BCUT2D eigenvalue weighted by molar-refractivity contribution is -0.148. The van der Waals surface area contributed by atoms with Crippen LogP contribution in [-0.2, 0) is 22.5 Å². The molecule has 1 aromatic rings. The number of esters is 1. The average molecular weight is 305 g/mol. The van der Waals surface area contributed by atoms with E-state index in [4.69, 9.17) is 5.11 Å². The van der Waals surface area contributed by atoms with Crippen LogP contribution in [0.25, 0.3) is 0 Å². The number of rotatable bonds is 7. The lowest BCUT2D eigenvalue weighted by Gasteiger charge is -2.23. The minimum absolute atomic E-state index is 0.00561. The van der Waals surface area contributed by atoms with E-state index in [0.717, 1.165) is 4.90 Å². The van der Waals surface area contributed by atoms with E-state index in [-0.39, 0.29) is 26.1 Å². The number of methoxy groups -OCH3 is 1. The number of alkyl halides is 3. The molecule has 0 fully saturated rings. The number of carbonyl (C=O) groups is 1. The maximum Gasteiger partial charge on any atom is 0.401 e. The van der Waals surface area contributed by atoms with Gasteiger partial charge < -0.3 is 9.84 Å². The van der Waals surface area contributed by atoms with E-state index in [2.05, 4.69) is 4.74 Å². The first kappa shape index (κ1) is 17.5. The van der Waals surface area contributed by atoms with Crippen molar-refractivity contribution >= 4 is 5.97 Å². The predicted molar refractivity (Wildman–Crippen MR) is 70.6 cm³/mol. The van der Waals surface area contributed by atoms with Crippen LogP contribution in [-0.4, -0.2) is 49.0 Å². The van der Waals surface area contributed by atoms with Crippen molar-refractivity contribution in [1.29, 1.82) is 0 Å². The van der Waals surface area contributed by atoms with Crippen LogP contribution < -0.4 is 0 Å². The zero-order valence-corrected chi connectivity index (χ0v) is 11.7. The van der Waals surface area contributed by atoms with Gasteiger partial charge in [-0.1, -0.05) is 24.3 Å². The maximum absolute atomic E-state index is 12.5. The summed E-state index contributed by atoms with van der Waals surface area (Å²) in [6.07, 6.45) is -4.34. The van der Waals surface area contributed by atoms with Gasteiger partial charge in [0.2, 0.25) is 0 Å². The Morgan fingerprint density at radius 2 is 1.90 bits per heavy atom. The van der Waals surface area contributed by atoms with Crippen molar-refractivity contribution in [1.82, 2.24) is 4.90 Å². The summed E-state index contributed by atoms with van der Waals surface area (Å²) in [6, 6.07) is 6.75. The molecule has 4 nitrogen and oxygen atoms in total. The van der Waals surface area contributed by atoms with E-state index >= 15 is 0 Å². The number of benzene rings is 1. The van der Waals surface area contributed by atoms with Gasteiger partial charge in [0, 0.05) is 13.1 Å². The highest BCUT2D eigenvalue weighted by Crippen LogP contribution is 2.19. The largest absolute Gasteiger partial charge is 0.469 e. The summed E-state index contributed by atoms with van der Waals surface area (Å²) in [5.41, 5.74) is 1.23. The van der Waals surface area contributed by atoms with Crippen molar-refractivity contribution in [2.24, 2.45) is 0 Å². The molecule has 0 bridgehead atoms. The number of carbonyl (C=O) groups excluding carboxylic acids is 1. The fourth-order valence-corrected chi connectivity index (χ4v) is 1.96. The number of ether oxygens (including phenoxy) is 1. The van der Waals surface area contributed by atoms with E-state index in [1.165, 1.54) is 7.11 Å². The number of aliphatic hydroxyl groups is 1. The molecule has 0 saturated carbocycles. The van der Waals surface area contributed by atoms with Crippen molar-refractivity contribution in [3.63, 3.8) is 0 Å². The zero-order valence-electron chi connectivity index (χ0n) is 11.7. The molecule has 7 heteroatoms. The smallest absolute Gasteiger partial charge is 0.401 e. The molecule has 1 N–H and O–H groups in total. The van der Waals surface area contributed by atoms with E-state index < -0.39 is 18.7 Å². The number of hydrogen-bond donors (Lipinski definition) is 1. The van der Waals surface area contributed by atoms with Gasteiger partial charge in [-0.2, -0.15) is 13.2 Å². The third kappa shape index (κ3) is 6.59.